The molecule has 2 aromatic rings. The molecule has 0 bridgehead atoms. The second-order valence-corrected chi connectivity index (χ2v) is 5.09. The van der Waals surface area contributed by atoms with Crippen molar-refractivity contribution in [2.75, 3.05) is 13.2 Å². The van der Waals surface area contributed by atoms with Crippen LogP contribution in [0.1, 0.15) is 20.0 Å². The minimum absolute atomic E-state index is 0.0440. The van der Waals surface area contributed by atoms with Crippen molar-refractivity contribution in [2.45, 2.75) is 6.54 Å². The highest BCUT2D eigenvalue weighted by molar-refractivity contribution is 7.12. The molecule has 0 atom stereocenters. The largest absolute Gasteiger partial charge is 0.395 e. The number of ketones is 1. The third kappa shape index (κ3) is 3.72. The minimum Gasteiger partial charge on any atom is -0.395 e. The molecule has 0 aliphatic rings. The first-order chi connectivity index (χ1) is 9.70. The summed E-state index contributed by atoms with van der Waals surface area (Å²) in [5, 5.41) is 13.1. The van der Waals surface area contributed by atoms with Gasteiger partial charge in [0.15, 0.2) is 12.4 Å². The lowest BCUT2D eigenvalue weighted by atomic mass is 10.2. The van der Waals surface area contributed by atoms with E-state index in [4.69, 9.17) is 5.11 Å². The molecule has 2 heterocycles. The quantitative estimate of drug-likeness (QED) is 0.606. The maximum atomic E-state index is 11.9. The van der Waals surface area contributed by atoms with Crippen molar-refractivity contribution in [1.82, 2.24) is 5.32 Å². The van der Waals surface area contributed by atoms with Gasteiger partial charge in [0.1, 0.15) is 0 Å². The maximum Gasteiger partial charge on any atom is 0.251 e. The van der Waals surface area contributed by atoms with Crippen molar-refractivity contribution in [3.63, 3.8) is 0 Å². The highest BCUT2D eigenvalue weighted by Gasteiger charge is 2.13. The van der Waals surface area contributed by atoms with E-state index in [-0.39, 0.29) is 31.4 Å². The summed E-state index contributed by atoms with van der Waals surface area (Å²) in [7, 11) is 0. The second-order valence-electron chi connectivity index (χ2n) is 4.14. The Bertz CT molecular complexity index is 579. The highest BCUT2D eigenvalue weighted by Crippen LogP contribution is 2.09. The van der Waals surface area contributed by atoms with Crippen LogP contribution in [-0.2, 0) is 6.54 Å². The third-order valence-electron chi connectivity index (χ3n) is 2.67. The smallest absolute Gasteiger partial charge is 0.251 e. The molecular weight excluding hydrogens is 276 g/mol. The second kappa shape index (κ2) is 6.93. The fraction of sp³-hybridized carbons (Fsp3) is 0.214. The van der Waals surface area contributed by atoms with Crippen LogP contribution < -0.4 is 9.88 Å². The number of aliphatic hydroxyl groups excluding tert-OH is 1. The van der Waals surface area contributed by atoms with Gasteiger partial charge in [-0.1, -0.05) is 6.07 Å². The molecule has 6 heteroatoms. The molecule has 2 N–H and O–H groups in total. The van der Waals surface area contributed by atoms with Crippen LogP contribution in [0, 0.1) is 0 Å². The number of nitrogens with zero attached hydrogens (tertiary/aromatic N) is 1. The molecule has 0 saturated heterocycles. The summed E-state index contributed by atoms with van der Waals surface area (Å²) in [5.41, 5.74) is 0.498. The predicted octanol–water partition coefficient (Wildman–Crippen LogP) is 0.641. The predicted molar refractivity (Wildman–Crippen MR) is 74.7 cm³/mol. The monoisotopic (exact) mass is 291 g/mol. The number of nitrogens with one attached hydrogen (secondary N) is 1. The van der Waals surface area contributed by atoms with E-state index in [0.29, 0.717) is 5.56 Å². The molecule has 0 radical (unpaired) electrons. The van der Waals surface area contributed by atoms with Gasteiger partial charge in [-0.15, -0.1) is 11.3 Å². The molecule has 0 unspecified atom stereocenters. The molecule has 104 valence electrons. The average Bonchev–Trinajstić information content (AvgIpc) is 3.00. The molecule has 0 aliphatic heterocycles. The third-order valence-corrected chi connectivity index (χ3v) is 3.58. The molecule has 0 spiro atoms. The van der Waals surface area contributed by atoms with Crippen LogP contribution in [0.25, 0.3) is 0 Å². The van der Waals surface area contributed by atoms with E-state index in [0.717, 1.165) is 4.88 Å². The van der Waals surface area contributed by atoms with Crippen molar-refractivity contribution in [2.24, 2.45) is 0 Å². The van der Waals surface area contributed by atoms with Crippen LogP contribution in [0.4, 0.5) is 0 Å². The number of rotatable bonds is 6. The van der Waals surface area contributed by atoms with Gasteiger partial charge in [0.25, 0.3) is 5.91 Å². The van der Waals surface area contributed by atoms with Crippen molar-refractivity contribution in [3.8, 4) is 0 Å². The van der Waals surface area contributed by atoms with E-state index >= 15 is 0 Å². The first-order valence-corrected chi connectivity index (χ1v) is 7.03. The first-order valence-electron chi connectivity index (χ1n) is 6.15. The Morgan fingerprint density at radius 1 is 1.25 bits per heavy atom. The lowest BCUT2D eigenvalue weighted by Gasteiger charge is -2.02. The molecule has 1 amide bonds. The molecule has 0 aromatic carbocycles. The summed E-state index contributed by atoms with van der Waals surface area (Å²) < 4.78 is 1.73. The van der Waals surface area contributed by atoms with Gasteiger partial charge in [-0.05, 0) is 11.4 Å². The van der Waals surface area contributed by atoms with Crippen LogP contribution in [-0.4, -0.2) is 29.9 Å². The summed E-state index contributed by atoms with van der Waals surface area (Å²) in [5.74, 6) is -0.196. The van der Waals surface area contributed by atoms with E-state index in [1.807, 2.05) is 11.4 Å². The van der Waals surface area contributed by atoms with Crippen LogP contribution in [0.5, 0.6) is 0 Å². The fourth-order valence-electron chi connectivity index (χ4n) is 1.67. The van der Waals surface area contributed by atoms with Crippen molar-refractivity contribution in [3.05, 3.63) is 52.5 Å². The number of aromatic nitrogens is 1. The van der Waals surface area contributed by atoms with E-state index in [9.17, 15) is 9.59 Å². The number of Topliss-reactive ketones (excluding diaryl/α,β-unsaturated/α-hetero) is 1. The SMILES string of the molecule is O=C(NCCO)c1cc[n+](CC(=O)c2cccs2)cc1. The Morgan fingerprint density at radius 2 is 2.00 bits per heavy atom. The zero-order chi connectivity index (χ0) is 14.4. The van der Waals surface area contributed by atoms with Gasteiger partial charge in [-0.25, -0.2) is 0 Å². The van der Waals surface area contributed by atoms with E-state index in [1.54, 1.807) is 35.2 Å². The number of carbonyl (C=O) groups excluding carboxylic acids is 2. The van der Waals surface area contributed by atoms with Gasteiger partial charge >= 0.3 is 0 Å². The summed E-state index contributed by atoms with van der Waals surface area (Å²) in [6.07, 6.45) is 3.39. The zero-order valence-corrected chi connectivity index (χ0v) is 11.6. The highest BCUT2D eigenvalue weighted by atomic mass is 32.1. The molecule has 0 aliphatic carbocycles. The number of aliphatic hydroxyl groups is 1. The summed E-state index contributed by atoms with van der Waals surface area (Å²) in [6.45, 7) is 0.386. The summed E-state index contributed by atoms with van der Waals surface area (Å²) in [6, 6.07) is 6.93. The number of carbonyl (C=O) groups is 2. The Labute approximate surface area is 120 Å². The van der Waals surface area contributed by atoms with Crippen molar-refractivity contribution < 1.29 is 19.3 Å². The van der Waals surface area contributed by atoms with Crippen molar-refractivity contribution >= 4 is 23.0 Å². The van der Waals surface area contributed by atoms with Crippen LogP contribution in [0.15, 0.2) is 42.0 Å². The number of pyridine rings is 1. The number of amides is 1. The molecule has 20 heavy (non-hydrogen) atoms. The van der Waals surface area contributed by atoms with Gasteiger partial charge in [-0.3, -0.25) is 9.59 Å². The molecule has 5 nitrogen and oxygen atoms in total. The molecular formula is C14H15N2O3S+. The van der Waals surface area contributed by atoms with Crippen LogP contribution >= 0.6 is 11.3 Å². The Balaban J connectivity index is 1.98. The van der Waals surface area contributed by atoms with Gasteiger partial charge in [-0.2, -0.15) is 4.57 Å². The van der Waals surface area contributed by atoms with Gasteiger partial charge in [0.05, 0.1) is 17.0 Å². The normalized spacial score (nSPS) is 10.2. The summed E-state index contributed by atoms with van der Waals surface area (Å²) >= 11 is 1.42. The van der Waals surface area contributed by atoms with Gasteiger partial charge < -0.3 is 10.4 Å². The summed E-state index contributed by atoms with van der Waals surface area (Å²) in [4.78, 5) is 24.3. The average molecular weight is 291 g/mol. The Kier molecular flexibility index (Phi) is 4.97. The van der Waals surface area contributed by atoms with E-state index in [1.165, 1.54) is 11.3 Å². The van der Waals surface area contributed by atoms with Crippen LogP contribution in [0.3, 0.4) is 0 Å². The number of hydrogen-bond acceptors (Lipinski definition) is 4. The Morgan fingerprint density at radius 3 is 2.60 bits per heavy atom. The molecule has 0 fully saturated rings. The topological polar surface area (TPSA) is 70.3 Å². The maximum absolute atomic E-state index is 11.9. The zero-order valence-electron chi connectivity index (χ0n) is 10.8. The fourth-order valence-corrected chi connectivity index (χ4v) is 2.32. The standard InChI is InChI=1S/C14H14N2O3S/c17-8-5-15-14(19)11-3-6-16(7-4-11)10-12(18)13-2-1-9-20-13/h1-4,6-7,9,17H,5,8,10H2/p+1. The van der Waals surface area contributed by atoms with Crippen molar-refractivity contribution in [1.29, 1.82) is 0 Å². The lowest BCUT2D eigenvalue weighted by molar-refractivity contribution is -0.683. The minimum atomic E-state index is -0.240. The first kappa shape index (κ1) is 14.4. The van der Waals surface area contributed by atoms with Gasteiger partial charge in [0, 0.05) is 18.7 Å². The van der Waals surface area contributed by atoms with Crippen LogP contribution in [0.2, 0.25) is 0 Å². The van der Waals surface area contributed by atoms with E-state index < -0.39 is 0 Å². The Hall–Kier alpha value is -2.05. The number of thiophene rings is 1. The lowest BCUT2D eigenvalue weighted by Crippen LogP contribution is -2.37. The molecule has 2 rings (SSSR count). The van der Waals surface area contributed by atoms with Gasteiger partial charge in [0.2, 0.25) is 12.3 Å². The van der Waals surface area contributed by atoms with E-state index in [2.05, 4.69) is 5.32 Å². The molecule has 2 aromatic heterocycles. The number of hydrogen-bond donors (Lipinski definition) is 2. The molecule has 0 saturated carbocycles.